The van der Waals surface area contributed by atoms with Gasteiger partial charge in [0, 0.05) is 19.3 Å². The molecule has 0 aliphatic rings. The molecule has 0 rings (SSSR count). The quantitative estimate of drug-likeness (QED) is 0.0262. The summed E-state index contributed by atoms with van der Waals surface area (Å²) in [5.41, 5.74) is 0. The Kier molecular flexibility index (Phi) is 53.3. The van der Waals surface area contributed by atoms with Gasteiger partial charge >= 0.3 is 17.9 Å². The van der Waals surface area contributed by atoms with Crippen LogP contribution in [0.4, 0.5) is 0 Å². The Morgan fingerprint density at radius 1 is 0.299 bits per heavy atom. The predicted octanol–water partition coefficient (Wildman–Crippen LogP) is 19.2. The lowest BCUT2D eigenvalue weighted by Gasteiger charge is -2.18. The van der Waals surface area contributed by atoms with Crippen LogP contribution in [0, 0.1) is 0 Å². The van der Waals surface area contributed by atoms with Crippen molar-refractivity contribution in [3.05, 3.63) is 60.8 Å². The molecule has 0 aromatic heterocycles. The van der Waals surface area contributed by atoms with Crippen LogP contribution in [0.15, 0.2) is 60.8 Å². The minimum absolute atomic E-state index is 0.0834. The van der Waals surface area contributed by atoms with Crippen LogP contribution >= 0.6 is 0 Å². The molecular formula is C61H108O6. The van der Waals surface area contributed by atoms with Crippen LogP contribution < -0.4 is 0 Å². The van der Waals surface area contributed by atoms with Crippen molar-refractivity contribution in [3.63, 3.8) is 0 Å². The molecule has 0 radical (unpaired) electrons. The fourth-order valence-electron chi connectivity index (χ4n) is 8.09. The standard InChI is InChI=1S/C61H108O6/c1-4-7-10-13-16-19-22-25-28-30-33-36-39-42-45-48-51-54-60(63)66-57-58(56-65-59(62)53-50-47-44-41-38-35-32-27-24-21-18-15-12-9-6-3)67-61(64)55-52-49-46-43-40-37-34-31-29-26-23-20-17-14-11-8-5-2/h16-17,19-20,25-29,32,58H,4-15,18,21-24,30-31,33-57H2,1-3H3/b19-16-,20-17-,28-25-,29-26-,32-27-. The van der Waals surface area contributed by atoms with Crippen molar-refractivity contribution >= 4 is 17.9 Å². The zero-order valence-corrected chi connectivity index (χ0v) is 44.4. The molecule has 0 saturated carbocycles. The van der Waals surface area contributed by atoms with Gasteiger partial charge in [-0.1, -0.05) is 223 Å². The zero-order valence-electron chi connectivity index (χ0n) is 44.4. The van der Waals surface area contributed by atoms with Gasteiger partial charge < -0.3 is 14.2 Å². The maximum atomic E-state index is 12.9. The highest BCUT2D eigenvalue weighted by Gasteiger charge is 2.19. The van der Waals surface area contributed by atoms with E-state index in [2.05, 4.69) is 81.5 Å². The first-order valence-electron chi connectivity index (χ1n) is 28.8. The van der Waals surface area contributed by atoms with Crippen molar-refractivity contribution in [2.24, 2.45) is 0 Å². The molecule has 0 saturated heterocycles. The van der Waals surface area contributed by atoms with E-state index in [1.54, 1.807) is 0 Å². The highest BCUT2D eigenvalue weighted by Crippen LogP contribution is 2.15. The van der Waals surface area contributed by atoms with Crippen LogP contribution in [-0.2, 0) is 28.6 Å². The van der Waals surface area contributed by atoms with E-state index in [1.165, 1.54) is 161 Å². The molecule has 0 bridgehead atoms. The Balaban J connectivity index is 4.41. The third-order valence-corrected chi connectivity index (χ3v) is 12.5. The molecular weight excluding hydrogens is 829 g/mol. The number of carbonyl (C=O) groups excluding carboxylic acids is 3. The Morgan fingerprint density at radius 2 is 0.537 bits per heavy atom. The summed E-state index contributed by atoms with van der Waals surface area (Å²) in [6.45, 7) is 6.59. The summed E-state index contributed by atoms with van der Waals surface area (Å²) in [6.07, 6.45) is 69.1. The summed E-state index contributed by atoms with van der Waals surface area (Å²) in [4.78, 5) is 38.2. The van der Waals surface area contributed by atoms with Crippen LogP contribution in [0.1, 0.15) is 290 Å². The van der Waals surface area contributed by atoms with Crippen LogP contribution in [0.5, 0.6) is 0 Å². The second-order valence-corrected chi connectivity index (χ2v) is 19.2. The fraction of sp³-hybridized carbons (Fsp3) is 0.787. The van der Waals surface area contributed by atoms with Crippen LogP contribution in [0.25, 0.3) is 0 Å². The molecule has 0 spiro atoms. The number of esters is 3. The summed E-state index contributed by atoms with van der Waals surface area (Å²) in [6, 6.07) is 0. The summed E-state index contributed by atoms with van der Waals surface area (Å²) in [5.74, 6) is -0.897. The van der Waals surface area contributed by atoms with Gasteiger partial charge in [0.1, 0.15) is 13.2 Å². The molecule has 0 aromatic rings. The highest BCUT2D eigenvalue weighted by atomic mass is 16.6. The average molecular weight is 938 g/mol. The monoisotopic (exact) mass is 937 g/mol. The molecule has 1 atom stereocenters. The smallest absolute Gasteiger partial charge is 0.306 e. The molecule has 67 heavy (non-hydrogen) atoms. The van der Waals surface area contributed by atoms with Gasteiger partial charge in [0.15, 0.2) is 6.10 Å². The van der Waals surface area contributed by atoms with Crippen LogP contribution in [0.3, 0.4) is 0 Å². The van der Waals surface area contributed by atoms with E-state index in [1.807, 2.05) is 0 Å². The molecule has 388 valence electrons. The number of allylic oxidation sites excluding steroid dienone is 10. The number of hydrogen-bond donors (Lipinski definition) is 0. The van der Waals surface area contributed by atoms with Gasteiger partial charge in [0.2, 0.25) is 0 Å². The number of rotatable bonds is 52. The Hall–Kier alpha value is -2.89. The first kappa shape index (κ1) is 64.1. The predicted molar refractivity (Wildman–Crippen MR) is 288 cm³/mol. The second-order valence-electron chi connectivity index (χ2n) is 19.2. The molecule has 1 unspecified atom stereocenters. The van der Waals surface area contributed by atoms with Gasteiger partial charge in [-0.05, 0) is 109 Å². The van der Waals surface area contributed by atoms with E-state index in [-0.39, 0.29) is 31.1 Å². The number of unbranched alkanes of at least 4 members (excludes halogenated alkanes) is 31. The lowest BCUT2D eigenvalue weighted by molar-refractivity contribution is -0.167. The van der Waals surface area contributed by atoms with Crippen LogP contribution in [-0.4, -0.2) is 37.2 Å². The van der Waals surface area contributed by atoms with E-state index < -0.39 is 6.10 Å². The Bertz CT molecular complexity index is 1210. The van der Waals surface area contributed by atoms with Gasteiger partial charge in [-0.15, -0.1) is 0 Å². The van der Waals surface area contributed by atoms with Crippen molar-refractivity contribution in [3.8, 4) is 0 Å². The van der Waals surface area contributed by atoms with Gasteiger partial charge in [-0.25, -0.2) is 0 Å². The molecule has 0 heterocycles. The molecule has 0 aliphatic heterocycles. The molecule has 0 amide bonds. The van der Waals surface area contributed by atoms with Gasteiger partial charge in [0.25, 0.3) is 0 Å². The van der Waals surface area contributed by atoms with Crippen molar-refractivity contribution in [2.45, 2.75) is 297 Å². The van der Waals surface area contributed by atoms with Crippen molar-refractivity contribution in [1.29, 1.82) is 0 Å². The third kappa shape index (κ3) is 53.9. The maximum absolute atomic E-state index is 12.9. The average Bonchev–Trinajstić information content (AvgIpc) is 3.33. The molecule has 0 aromatic carbocycles. The first-order valence-corrected chi connectivity index (χ1v) is 28.8. The molecule has 6 nitrogen and oxygen atoms in total. The van der Waals surface area contributed by atoms with Gasteiger partial charge in [-0.2, -0.15) is 0 Å². The zero-order chi connectivity index (χ0) is 48.6. The molecule has 0 aliphatic carbocycles. The summed E-state index contributed by atoms with van der Waals surface area (Å²) < 4.78 is 16.9. The topological polar surface area (TPSA) is 78.9 Å². The fourth-order valence-corrected chi connectivity index (χ4v) is 8.09. The molecule has 0 N–H and O–H groups in total. The van der Waals surface area contributed by atoms with Crippen molar-refractivity contribution in [1.82, 2.24) is 0 Å². The van der Waals surface area contributed by atoms with E-state index in [0.717, 1.165) is 89.9 Å². The SMILES string of the molecule is CCCCC/C=C\C/C=C\CCCCCCCCCC(=O)OCC(COC(=O)CCCCCCC/C=C\CCCCCCCC)OC(=O)CCCCCCCCC/C=C\C/C=C\CCCCC. The lowest BCUT2D eigenvalue weighted by Crippen LogP contribution is -2.30. The van der Waals surface area contributed by atoms with E-state index >= 15 is 0 Å². The Labute approximate surface area is 415 Å². The Morgan fingerprint density at radius 3 is 0.866 bits per heavy atom. The van der Waals surface area contributed by atoms with Crippen molar-refractivity contribution in [2.75, 3.05) is 13.2 Å². The van der Waals surface area contributed by atoms with Crippen molar-refractivity contribution < 1.29 is 28.6 Å². The maximum Gasteiger partial charge on any atom is 0.306 e. The van der Waals surface area contributed by atoms with Gasteiger partial charge in [0.05, 0.1) is 0 Å². The summed E-state index contributed by atoms with van der Waals surface area (Å²) >= 11 is 0. The number of hydrogen-bond acceptors (Lipinski definition) is 6. The molecule has 6 heteroatoms. The highest BCUT2D eigenvalue weighted by molar-refractivity contribution is 5.71. The first-order chi connectivity index (χ1) is 33.0. The second kappa shape index (κ2) is 55.7. The largest absolute Gasteiger partial charge is 0.462 e. The molecule has 0 fully saturated rings. The lowest BCUT2D eigenvalue weighted by atomic mass is 10.1. The van der Waals surface area contributed by atoms with E-state index in [9.17, 15) is 14.4 Å². The third-order valence-electron chi connectivity index (χ3n) is 12.5. The summed E-state index contributed by atoms with van der Waals surface area (Å²) in [5, 5.41) is 0. The minimum Gasteiger partial charge on any atom is -0.462 e. The number of ether oxygens (including phenoxy) is 3. The van der Waals surface area contributed by atoms with Gasteiger partial charge in [-0.3, -0.25) is 14.4 Å². The van der Waals surface area contributed by atoms with E-state index in [0.29, 0.717) is 19.3 Å². The summed E-state index contributed by atoms with van der Waals surface area (Å²) in [7, 11) is 0. The normalized spacial score (nSPS) is 12.5. The minimum atomic E-state index is -0.785. The van der Waals surface area contributed by atoms with Crippen LogP contribution in [0.2, 0.25) is 0 Å². The van der Waals surface area contributed by atoms with E-state index in [4.69, 9.17) is 14.2 Å². The number of carbonyl (C=O) groups is 3.